The molecule has 0 N–H and O–H groups in total. The molecule has 28 heavy (non-hydrogen) atoms. The molecule has 5 nitrogen and oxygen atoms in total. The molecule has 1 aliphatic heterocycles. The van der Waals surface area contributed by atoms with Gasteiger partial charge in [0, 0.05) is 29.7 Å². The van der Waals surface area contributed by atoms with Gasteiger partial charge in [0.2, 0.25) is 9.84 Å². The number of sulfone groups is 1. The molecule has 2 aromatic carbocycles. The number of morpholine rings is 1. The maximum atomic E-state index is 13.6. The van der Waals surface area contributed by atoms with Crippen LogP contribution < -0.4 is 4.90 Å². The van der Waals surface area contributed by atoms with Gasteiger partial charge in [-0.15, -0.1) is 0 Å². The Labute approximate surface area is 169 Å². The Balaban J connectivity index is 1.98. The maximum absolute atomic E-state index is 13.6. The van der Waals surface area contributed by atoms with E-state index >= 15 is 0 Å². The predicted octanol–water partition coefficient (Wildman–Crippen LogP) is 4.17. The topological polar surface area (TPSA) is 59.5 Å². The maximum Gasteiger partial charge on any atom is 0.210 e. The SMILES string of the molecule is Cc1cc(C)cc(S(=O)(=O)c2cnc3cc(Cl)ccc3c2N2CCOCC2)c1. The number of rotatable bonds is 3. The van der Waals surface area contributed by atoms with E-state index in [-0.39, 0.29) is 9.79 Å². The van der Waals surface area contributed by atoms with Crippen molar-refractivity contribution in [3.8, 4) is 0 Å². The van der Waals surface area contributed by atoms with Gasteiger partial charge in [-0.1, -0.05) is 17.7 Å². The highest BCUT2D eigenvalue weighted by Gasteiger charge is 2.28. The van der Waals surface area contributed by atoms with E-state index in [1.165, 1.54) is 6.20 Å². The largest absolute Gasteiger partial charge is 0.378 e. The van der Waals surface area contributed by atoms with Crippen LogP contribution in [0.15, 0.2) is 52.4 Å². The first-order valence-corrected chi connectivity index (χ1v) is 11.0. The minimum absolute atomic E-state index is 0.217. The number of anilines is 1. The van der Waals surface area contributed by atoms with Crippen LogP contribution in [0, 0.1) is 13.8 Å². The number of ether oxygens (including phenoxy) is 1. The molecule has 1 fully saturated rings. The highest BCUT2D eigenvalue weighted by molar-refractivity contribution is 7.91. The first-order chi connectivity index (χ1) is 13.4. The number of aromatic nitrogens is 1. The second kappa shape index (κ2) is 7.35. The fourth-order valence-electron chi connectivity index (χ4n) is 3.66. The molecule has 7 heteroatoms. The van der Waals surface area contributed by atoms with Gasteiger partial charge in [-0.2, -0.15) is 0 Å². The molecule has 146 valence electrons. The summed E-state index contributed by atoms with van der Waals surface area (Å²) in [4.78, 5) is 6.98. The zero-order chi connectivity index (χ0) is 19.9. The molecule has 0 radical (unpaired) electrons. The Bertz CT molecular complexity index is 1140. The molecule has 0 bridgehead atoms. The molecule has 1 aliphatic rings. The Morgan fingerprint density at radius 1 is 1.04 bits per heavy atom. The molecule has 0 spiro atoms. The van der Waals surface area contributed by atoms with Crippen molar-refractivity contribution in [1.29, 1.82) is 0 Å². The van der Waals surface area contributed by atoms with Crippen molar-refractivity contribution >= 4 is 38.0 Å². The number of hydrogen-bond donors (Lipinski definition) is 0. The monoisotopic (exact) mass is 416 g/mol. The fourth-order valence-corrected chi connectivity index (χ4v) is 5.45. The van der Waals surface area contributed by atoms with Crippen molar-refractivity contribution in [1.82, 2.24) is 4.98 Å². The lowest BCUT2D eigenvalue weighted by Crippen LogP contribution is -2.37. The summed E-state index contributed by atoms with van der Waals surface area (Å²) in [5.74, 6) is 0. The third-order valence-electron chi connectivity index (χ3n) is 4.89. The number of aryl methyl sites for hydroxylation is 2. The fraction of sp³-hybridized carbons (Fsp3) is 0.286. The third kappa shape index (κ3) is 3.48. The number of hydrogen-bond acceptors (Lipinski definition) is 5. The highest BCUT2D eigenvalue weighted by Crippen LogP contribution is 2.37. The van der Waals surface area contributed by atoms with Gasteiger partial charge in [0.05, 0.1) is 29.3 Å². The molecule has 2 heterocycles. The first kappa shape index (κ1) is 19.2. The molecule has 4 rings (SSSR count). The molecule has 0 saturated carbocycles. The average molecular weight is 417 g/mol. The van der Waals surface area contributed by atoms with Gasteiger partial charge in [0.15, 0.2) is 0 Å². The van der Waals surface area contributed by atoms with E-state index in [9.17, 15) is 8.42 Å². The summed E-state index contributed by atoms with van der Waals surface area (Å²) in [6, 6.07) is 10.7. The number of benzene rings is 2. The molecule has 0 aliphatic carbocycles. The lowest BCUT2D eigenvalue weighted by atomic mass is 10.1. The zero-order valence-corrected chi connectivity index (χ0v) is 17.3. The van der Waals surface area contributed by atoms with E-state index in [0.29, 0.717) is 42.5 Å². The normalized spacial score (nSPS) is 15.2. The standard InChI is InChI=1S/C21H21ClN2O3S/c1-14-9-15(2)11-17(10-14)28(25,26)20-13-23-19-12-16(22)3-4-18(19)21(20)24-5-7-27-8-6-24/h3-4,9-13H,5-8H2,1-2H3. The molecule has 3 aromatic rings. The molecular weight excluding hydrogens is 396 g/mol. The average Bonchev–Trinajstić information content (AvgIpc) is 2.66. The summed E-state index contributed by atoms with van der Waals surface area (Å²) in [6.45, 7) is 6.15. The van der Waals surface area contributed by atoms with Gasteiger partial charge in [0.1, 0.15) is 4.90 Å². The molecule has 0 atom stereocenters. The molecule has 1 aromatic heterocycles. The predicted molar refractivity (Wildman–Crippen MR) is 111 cm³/mol. The van der Waals surface area contributed by atoms with Crippen LogP contribution in [-0.4, -0.2) is 39.7 Å². The van der Waals surface area contributed by atoms with Crippen LogP contribution in [0.25, 0.3) is 10.9 Å². The van der Waals surface area contributed by atoms with Crippen molar-refractivity contribution in [2.45, 2.75) is 23.6 Å². The second-order valence-corrected chi connectivity index (χ2v) is 9.41. The van der Waals surface area contributed by atoms with Gasteiger partial charge in [-0.3, -0.25) is 4.98 Å². The summed E-state index contributed by atoms with van der Waals surface area (Å²) >= 11 is 6.13. The van der Waals surface area contributed by atoms with Gasteiger partial charge in [-0.25, -0.2) is 8.42 Å². The summed E-state index contributed by atoms with van der Waals surface area (Å²) in [5, 5.41) is 1.34. The molecule has 0 amide bonds. The van der Waals surface area contributed by atoms with Crippen molar-refractivity contribution in [2.75, 3.05) is 31.2 Å². The van der Waals surface area contributed by atoms with E-state index < -0.39 is 9.84 Å². The van der Waals surface area contributed by atoms with E-state index in [0.717, 1.165) is 16.5 Å². The van der Waals surface area contributed by atoms with Crippen LogP contribution >= 0.6 is 11.6 Å². The van der Waals surface area contributed by atoms with Crippen LogP contribution in [0.5, 0.6) is 0 Å². The first-order valence-electron chi connectivity index (χ1n) is 9.10. The van der Waals surface area contributed by atoms with Gasteiger partial charge in [-0.05, 0) is 55.3 Å². The number of halogens is 1. The lowest BCUT2D eigenvalue weighted by Gasteiger charge is -2.31. The van der Waals surface area contributed by atoms with Crippen molar-refractivity contribution < 1.29 is 13.2 Å². The van der Waals surface area contributed by atoms with E-state index in [1.807, 2.05) is 26.0 Å². The van der Waals surface area contributed by atoms with Crippen LogP contribution in [0.2, 0.25) is 5.02 Å². The number of fused-ring (bicyclic) bond motifs is 1. The Hall–Kier alpha value is -2.15. The van der Waals surface area contributed by atoms with Gasteiger partial charge in [0.25, 0.3) is 0 Å². The lowest BCUT2D eigenvalue weighted by molar-refractivity contribution is 0.122. The number of nitrogens with zero attached hydrogens (tertiary/aromatic N) is 2. The third-order valence-corrected chi connectivity index (χ3v) is 6.86. The van der Waals surface area contributed by atoms with E-state index in [1.54, 1.807) is 24.3 Å². The van der Waals surface area contributed by atoms with Crippen LogP contribution in [0.4, 0.5) is 5.69 Å². The van der Waals surface area contributed by atoms with E-state index in [2.05, 4.69) is 9.88 Å². The molecular formula is C21H21ClN2O3S. The number of pyridine rings is 1. The Kier molecular flexibility index (Phi) is 5.04. The highest BCUT2D eigenvalue weighted by atomic mass is 35.5. The Morgan fingerprint density at radius 3 is 2.39 bits per heavy atom. The summed E-state index contributed by atoms with van der Waals surface area (Å²) in [5.41, 5.74) is 3.16. The minimum Gasteiger partial charge on any atom is -0.378 e. The quantitative estimate of drug-likeness (QED) is 0.641. The summed E-state index contributed by atoms with van der Waals surface area (Å²) < 4.78 is 32.6. The van der Waals surface area contributed by atoms with Crippen molar-refractivity contribution in [3.63, 3.8) is 0 Å². The Morgan fingerprint density at radius 2 is 1.71 bits per heavy atom. The molecule has 0 unspecified atom stereocenters. The smallest absolute Gasteiger partial charge is 0.210 e. The van der Waals surface area contributed by atoms with Crippen LogP contribution in [-0.2, 0) is 14.6 Å². The summed E-state index contributed by atoms with van der Waals surface area (Å²) in [7, 11) is -3.74. The van der Waals surface area contributed by atoms with Crippen molar-refractivity contribution in [2.24, 2.45) is 0 Å². The van der Waals surface area contributed by atoms with Crippen LogP contribution in [0.1, 0.15) is 11.1 Å². The zero-order valence-electron chi connectivity index (χ0n) is 15.8. The van der Waals surface area contributed by atoms with Gasteiger partial charge >= 0.3 is 0 Å². The van der Waals surface area contributed by atoms with Gasteiger partial charge < -0.3 is 9.64 Å². The summed E-state index contributed by atoms with van der Waals surface area (Å²) in [6.07, 6.45) is 1.45. The van der Waals surface area contributed by atoms with E-state index in [4.69, 9.17) is 16.3 Å². The minimum atomic E-state index is -3.74. The van der Waals surface area contributed by atoms with Crippen LogP contribution in [0.3, 0.4) is 0 Å². The second-order valence-electron chi connectivity index (χ2n) is 7.06. The molecule has 1 saturated heterocycles. The van der Waals surface area contributed by atoms with Crippen molar-refractivity contribution in [3.05, 3.63) is 58.7 Å².